The molecule has 0 unspecified atom stereocenters. The largest absolute Gasteiger partial charge is 0.496 e. The number of methoxy groups -OCH3 is 1. The molecule has 0 saturated heterocycles. The zero-order valence-electron chi connectivity index (χ0n) is 10.2. The van der Waals surface area contributed by atoms with Gasteiger partial charge < -0.3 is 10.5 Å². The Labute approximate surface area is 110 Å². The number of rotatable bonds is 2. The third kappa shape index (κ3) is 2.59. The summed E-state index contributed by atoms with van der Waals surface area (Å²) in [5.41, 5.74) is 6.21. The summed E-state index contributed by atoms with van der Waals surface area (Å²) in [5.74, 6) is -2.00. The van der Waals surface area contributed by atoms with Crippen LogP contribution in [-0.4, -0.2) is 13.0 Å². The maximum absolute atomic E-state index is 13.2. The van der Waals surface area contributed by atoms with Crippen molar-refractivity contribution in [3.05, 3.63) is 28.8 Å². The van der Waals surface area contributed by atoms with Crippen LogP contribution in [0, 0.1) is 0 Å². The second-order valence-electron chi connectivity index (χ2n) is 4.86. The molecule has 0 heterocycles. The zero-order chi connectivity index (χ0) is 13.4. The Kier molecular flexibility index (Phi) is 3.52. The second kappa shape index (κ2) is 4.67. The Bertz CT molecular complexity index is 441. The van der Waals surface area contributed by atoms with Crippen LogP contribution >= 0.6 is 11.6 Å². The molecule has 0 atom stereocenters. The van der Waals surface area contributed by atoms with E-state index in [1.165, 1.54) is 7.11 Å². The number of nitrogens with two attached hydrogens (primary N) is 1. The predicted octanol–water partition coefficient (Wildman–Crippen LogP) is 3.71. The van der Waals surface area contributed by atoms with Crippen LogP contribution in [-0.2, 0) is 5.54 Å². The lowest BCUT2D eigenvalue weighted by molar-refractivity contribution is -0.0516. The minimum absolute atomic E-state index is 0.195. The molecule has 0 amide bonds. The first-order chi connectivity index (χ1) is 8.36. The van der Waals surface area contributed by atoms with E-state index in [2.05, 4.69) is 0 Å². The standard InChI is InChI=1S/C13H16ClF2NO/c1-18-11-3-2-9(14)8-10(11)12(17)4-6-13(15,16)7-5-12/h2-3,8H,4-7,17H2,1H3. The van der Waals surface area contributed by atoms with Crippen molar-refractivity contribution < 1.29 is 13.5 Å². The molecular weight excluding hydrogens is 260 g/mol. The zero-order valence-corrected chi connectivity index (χ0v) is 10.9. The lowest BCUT2D eigenvalue weighted by Crippen LogP contribution is -2.43. The Balaban J connectivity index is 2.33. The molecule has 0 spiro atoms. The van der Waals surface area contributed by atoms with Crippen LogP contribution in [0.3, 0.4) is 0 Å². The lowest BCUT2D eigenvalue weighted by Gasteiger charge is -2.38. The number of hydrogen-bond acceptors (Lipinski definition) is 2. The molecule has 1 aliphatic rings. The highest BCUT2D eigenvalue weighted by atomic mass is 35.5. The van der Waals surface area contributed by atoms with E-state index in [1.54, 1.807) is 18.2 Å². The quantitative estimate of drug-likeness (QED) is 0.893. The monoisotopic (exact) mass is 275 g/mol. The minimum atomic E-state index is -2.60. The first-order valence-electron chi connectivity index (χ1n) is 5.87. The van der Waals surface area contributed by atoms with Gasteiger partial charge in [0.25, 0.3) is 0 Å². The van der Waals surface area contributed by atoms with Gasteiger partial charge in [-0.3, -0.25) is 0 Å². The first-order valence-corrected chi connectivity index (χ1v) is 6.25. The van der Waals surface area contributed by atoms with Crippen molar-refractivity contribution in [2.24, 2.45) is 5.73 Å². The molecule has 100 valence electrons. The minimum Gasteiger partial charge on any atom is -0.496 e. The summed E-state index contributed by atoms with van der Waals surface area (Å²) in [4.78, 5) is 0. The number of alkyl halides is 2. The van der Waals surface area contributed by atoms with E-state index in [0.29, 0.717) is 16.3 Å². The molecule has 0 aliphatic heterocycles. The van der Waals surface area contributed by atoms with Gasteiger partial charge in [-0.05, 0) is 31.0 Å². The summed E-state index contributed by atoms with van der Waals surface area (Å²) in [5, 5.41) is 0.535. The van der Waals surface area contributed by atoms with Gasteiger partial charge in [0.1, 0.15) is 5.75 Å². The van der Waals surface area contributed by atoms with Crippen LogP contribution in [0.2, 0.25) is 5.02 Å². The van der Waals surface area contributed by atoms with Gasteiger partial charge in [-0.1, -0.05) is 11.6 Å². The van der Waals surface area contributed by atoms with Crippen molar-refractivity contribution >= 4 is 11.6 Å². The smallest absolute Gasteiger partial charge is 0.248 e. The Hall–Kier alpha value is -0.870. The Morgan fingerprint density at radius 1 is 1.22 bits per heavy atom. The average Bonchev–Trinajstić information content (AvgIpc) is 2.33. The van der Waals surface area contributed by atoms with E-state index in [4.69, 9.17) is 22.1 Å². The van der Waals surface area contributed by atoms with E-state index in [9.17, 15) is 8.78 Å². The molecule has 1 aromatic carbocycles. The van der Waals surface area contributed by atoms with E-state index >= 15 is 0 Å². The molecule has 1 fully saturated rings. The average molecular weight is 276 g/mol. The van der Waals surface area contributed by atoms with Crippen LogP contribution in [0.4, 0.5) is 8.78 Å². The molecule has 2 rings (SSSR count). The Morgan fingerprint density at radius 2 is 1.83 bits per heavy atom. The van der Waals surface area contributed by atoms with Gasteiger partial charge in [0.15, 0.2) is 0 Å². The van der Waals surface area contributed by atoms with Gasteiger partial charge in [0.2, 0.25) is 5.92 Å². The fourth-order valence-electron chi connectivity index (χ4n) is 2.40. The fraction of sp³-hybridized carbons (Fsp3) is 0.538. The third-order valence-electron chi connectivity index (χ3n) is 3.57. The number of hydrogen-bond donors (Lipinski definition) is 1. The van der Waals surface area contributed by atoms with E-state index in [1.807, 2.05) is 0 Å². The molecule has 2 nitrogen and oxygen atoms in total. The van der Waals surface area contributed by atoms with Gasteiger partial charge in [-0.2, -0.15) is 0 Å². The van der Waals surface area contributed by atoms with Gasteiger partial charge in [0, 0.05) is 29.0 Å². The highest BCUT2D eigenvalue weighted by Gasteiger charge is 2.43. The molecular formula is C13H16ClF2NO. The van der Waals surface area contributed by atoms with Crippen LogP contribution in [0.15, 0.2) is 18.2 Å². The maximum atomic E-state index is 13.2. The Morgan fingerprint density at radius 3 is 2.39 bits per heavy atom. The second-order valence-corrected chi connectivity index (χ2v) is 5.29. The molecule has 5 heteroatoms. The third-order valence-corrected chi connectivity index (χ3v) is 3.81. The maximum Gasteiger partial charge on any atom is 0.248 e. The molecule has 1 saturated carbocycles. The van der Waals surface area contributed by atoms with Crippen LogP contribution in [0.1, 0.15) is 31.2 Å². The fourth-order valence-corrected chi connectivity index (χ4v) is 2.57. The van der Waals surface area contributed by atoms with E-state index in [0.717, 1.165) is 0 Å². The number of halogens is 3. The van der Waals surface area contributed by atoms with Crippen molar-refractivity contribution in [3.8, 4) is 5.75 Å². The van der Waals surface area contributed by atoms with Gasteiger partial charge in [0.05, 0.1) is 7.11 Å². The highest BCUT2D eigenvalue weighted by Crippen LogP contribution is 2.45. The summed E-state index contributed by atoms with van der Waals surface area (Å²) >= 11 is 5.95. The normalized spacial score (nSPS) is 21.6. The van der Waals surface area contributed by atoms with Crippen molar-refractivity contribution in [2.45, 2.75) is 37.1 Å². The van der Waals surface area contributed by atoms with Gasteiger partial charge >= 0.3 is 0 Å². The van der Waals surface area contributed by atoms with Crippen LogP contribution in [0.5, 0.6) is 5.75 Å². The topological polar surface area (TPSA) is 35.2 Å². The highest BCUT2D eigenvalue weighted by molar-refractivity contribution is 6.30. The van der Waals surface area contributed by atoms with Crippen LogP contribution in [0.25, 0.3) is 0 Å². The SMILES string of the molecule is COc1ccc(Cl)cc1C1(N)CCC(F)(F)CC1. The molecule has 0 bridgehead atoms. The van der Waals surface area contributed by atoms with Crippen LogP contribution < -0.4 is 10.5 Å². The summed E-state index contributed by atoms with van der Waals surface area (Å²) < 4.78 is 31.7. The van der Waals surface area contributed by atoms with Crippen molar-refractivity contribution in [3.63, 3.8) is 0 Å². The van der Waals surface area contributed by atoms with Gasteiger partial charge in [-0.25, -0.2) is 8.78 Å². The summed E-state index contributed by atoms with van der Waals surface area (Å²) in [7, 11) is 1.54. The predicted molar refractivity (Wildman–Crippen MR) is 67.3 cm³/mol. The summed E-state index contributed by atoms with van der Waals surface area (Å²) in [6, 6.07) is 5.13. The van der Waals surface area contributed by atoms with Crippen molar-refractivity contribution in [1.29, 1.82) is 0 Å². The molecule has 0 aromatic heterocycles. The molecule has 18 heavy (non-hydrogen) atoms. The molecule has 1 aliphatic carbocycles. The summed E-state index contributed by atoms with van der Waals surface area (Å²) in [6.07, 6.45) is 0.0751. The van der Waals surface area contributed by atoms with Crippen molar-refractivity contribution in [2.75, 3.05) is 7.11 Å². The van der Waals surface area contributed by atoms with E-state index in [-0.39, 0.29) is 25.7 Å². The summed E-state index contributed by atoms with van der Waals surface area (Å²) in [6.45, 7) is 0. The first kappa shape index (κ1) is 13.6. The molecule has 1 aromatic rings. The van der Waals surface area contributed by atoms with E-state index < -0.39 is 11.5 Å². The molecule has 2 N–H and O–H groups in total. The number of benzene rings is 1. The molecule has 0 radical (unpaired) electrons. The number of ether oxygens (including phenoxy) is 1. The van der Waals surface area contributed by atoms with Crippen molar-refractivity contribution in [1.82, 2.24) is 0 Å². The lowest BCUT2D eigenvalue weighted by atomic mass is 9.75. The van der Waals surface area contributed by atoms with Gasteiger partial charge in [-0.15, -0.1) is 0 Å².